The van der Waals surface area contributed by atoms with Crippen LogP contribution in [0.4, 0.5) is 5.82 Å². The number of hydrogen-bond acceptors (Lipinski definition) is 6. The van der Waals surface area contributed by atoms with Crippen molar-refractivity contribution in [1.82, 2.24) is 10.3 Å². The van der Waals surface area contributed by atoms with Gasteiger partial charge in [0, 0.05) is 51.9 Å². The summed E-state index contributed by atoms with van der Waals surface area (Å²) in [6, 6.07) is 17.1. The lowest BCUT2D eigenvalue weighted by atomic mass is 9.72. The first kappa shape index (κ1) is 22.1. The predicted molar refractivity (Wildman–Crippen MR) is 133 cm³/mol. The van der Waals surface area contributed by atoms with Crippen LogP contribution in [0, 0.1) is 0 Å². The topological polar surface area (TPSA) is 80.3 Å². The molecule has 3 aromatic rings. The Morgan fingerprint density at radius 2 is 1.94 bits per heavy atom. The van der Waals surface area contributed by atoms with Gasteiger partial charge >= 0.3 is 0 Å². The number of ketones is 1. The maximum atomic E-state index is 13.6. The highest BCUT2D eigenvalue weighted by molar-refractivity contribution is 7.10. The molecular formula is C27H25N3O3S. The number of ether oxygens (including phenoxy) is 1. The molecule has 3 heterocycles. The fraction of sp³-hybridized carbons (Fsp3) is 0.222. The van der Waals surface area contributed by atoms with E-state index < -0.39 is 5.92 Å². The van der Waals surface area contributed by atoms with Gasteiger partial charge in [-0.3, -0.25) is 9.59 Å². The Labute approximate surface area is 202 Å². The monoisotopic (exact) mass is 471 g/mol. The lowest BCUT2D eigenvalue weighted by Crippen LogP contribution is -2.37. The Morgan fingerprint density at radius 3 is 2.62 bits per heavy atom. The van der Waals surface area contributed by atoms with Crippen molar-refractivity contribution in [2.45, 2.75) is 31.6 Å². The van der Waals surface area contributed by atoms with Crippen molar-refractivity contribution in [3.05, 3.63) is 99.2 Å². The third kappa shape index (κ3) is 4.15. The summed E-state index contributed by atoms with van der Waals surface area (Å²) in [5, 5.41) is 8.36. The van der Waals surface area contributed by atoms with E-state index in [1.54, 1.807) is 36.8 Å². The number of benzene rings is 1. The number of aromatic nitrogens is 1. The van der Waals surface area contributed by atoms with Crippen molar-refractivity contribution in [1.29, 1.82) is 0 Å². The number of methoxy groups -OCH3 is 1. The molecule has 0 saturated carbocycles. The highest BCUT2D eigenvalue weighted by Gasteiger charge is 2.41. The number of nitrogens with one attached hydrogen (secondary N) is 2. The van der Waals surface area contributed by atoms with Gasteiger partial charge in [0.1, 0.15) is 11.6 Å². The van der Waals surface area contributed by atoms with E-state index in [0.717, 1.165) is 29.1 Å². The lowest BCUT2D eigenvalue weighted by Gasteiger charge is -2.36. The van der Waals surface area contributed by atoms with Crippen molar-refractivity contribution in [3.63, 3.8) is 0 Å². The number of hydrogen-bond donors (Lipinski definition) is 2. The molecule has 2 aromatic heterocycles. The van der Waals surface area contributed by atoms with E-state index in [2.05, 4.69) is 21.7 Å². The second-order valence-electron chi connectivity index (χ2n) is 8.47. The molecule has 0 bridgehead atoms. The molecule has 1 amide bonds. The van der Waals surface area contributed by atoms with Crippen LogP contribution in [0.5, 0.6) is 5.75 Å². The number of carbonyl (C=O) groups is 2. The molecule has 0 spiro atoms. The Bertz CT molecular complexity index is 1280. The second kappa shape index (κ2) is 9.27. The van der Waals surface area contributed by atoms with E-state index in [9.17, 15) is 9.59 Å². The molecule has 0 fully saturated rings. The Morgan fingerprint density at radius 1 is 1.12 bits per heavy atom. The van der Waals surface area contributed by atoms with E-state index >= 15 is 0 Å². The zero-order valence-electron chi connectivity index (χ0n) is 19.0. The smallest absolute Gasteiger partial charge is 0.255 e. The van der Waals surface area contributed by atoms with Gasteiger partial charge in [-0.05, 0) is 54.6 Å². The number of thiophene rings is 1. The fourth-order valence-corrected chi connectivity index (χ4v) is 5.65. The van der Waals surface area contributed by atoms with Crippen molar-refractivity contribution in [2.75, 3.05) is 12.4 Å². The largest absolute Gasteiger partial charge is 0.497 e. The van der Waals surface area contributed by atoms with E-state index in [4.69, 9.17) is 4.74 Å². The molecule has 34 heavy (non-hydrogen) atoms. The van der Waals surface area contributed by atoms with Gasteiger partial charge in [0.25, 0.3) is 5.91 Å². The summed E-state index contributed by atoms with van der Waals surface area (Å²) in [6.45, 7) is 1.90. The predicted octanol–water partition coefficient (Wildman–Crippen LogP) is 5.15. The quantitative estimate of drug-likeness (QED) is 0.538. The van der Waals surface area contributed by atoms with E-state index in [0.29, 0.717) is 23.4 Å². The molecule has 0 unspecified atom stereocenters. The minimum absolute atomic E-state index is 0.0728. The summed E-state index contributed by atoms with van der Waals surface area (Å²) in [6.07, 6.45) is 2.80. The van der Waals surface area contributed by atoms with Crippen molar-refractivity contribution in [2.24, 2.45) is 0 Å². The molecule has 2 atom stereocenters. The van der Waals surface area contributed by atoms with E-state index in [1.165, 1.54) is 4.88 Å². The first-order chi connectivity index (χ1) is 16.5. The van der Waals surface area contributed by atoms with Gasteiger partial charge in [-0.15, -0.1) is 11.3 Å². The van der Waals surface area contributed by atoms with Crippen LogP contribution in [-0.2, 0) is 9.59 Å². The van der Waals surface area contributed by atoms with Crippen LogP contribution in [-0.4, -0.2) is 23.8 Å². The van der Waals surface area contributed by atoms with Crippen molar-refractivity contribution >= 4 is 28.8 Å². The van der Waals surface area contributed by atoms with Gasteiger partial charge in [-0.1, -0.05) is 24.3 Å². The van der Waals surface area contributed by atoms with Gasteiger partial charge in [0.05, 0.1) is 7.11 Å². The van der Waals surface area contributed by atoms with Crippen LogP contribution in [0.2, 0.25) is 0 Å². The Hall–Kier alpha value is -3.71. The third-order valence-corrected chi connectivity index (χ3v) is 7.41. The summed E-state index contributed by atoms with van der Waals surface area (Å²) in [5.41, 5.74) is 3.73. The average molecular weight is 472 g/mol. The van der Waals surface area contributed by atoms with E-state index in [-0.39, 0.29) is 17.6 Å². The number of carbonyl (C=O) groups excluding carboxylic acids is 2. The number of dihydropyridines is 1. The van der Waals surface area contributed by atoms with Crippen LogP contribution in [0.1, 0.15) is 42.0 Å². The number of pyridine rings is 1. The van der Waals surface area contributed by atoms with E-state index in [1.807, 2.05) is 48.7 Å². The fourth-order valence-electron chi connectivity index (χ4n) is 4.81. The maximum absolute atomic E-state index is 13.6. The zero-order valence-corrected chi connectivity index (χ0v) is 19.8. The maximum Gasteiger partial charge on any atom is 0.255 e. The normalized spacial score (nSPS) is 20.0. The molecule has 5 rings (SSSR count). The highest BCUT2D eigenvalue weighted by Crippen LogP contribution is 2.46. The molecule has 2 aliphatic rings. The summed E-state index contributed by atoms with van der Waals surface area (Å²) in [7, 11) is 1.62. The minimum Gasteiger partial charge on any atom is -0.497 e. The Kier molecular flexibility index (Phi) is 6.02. The SMILES string of the molecule is COc1ccc([C@H]2C(C(=O)Nc3ccccn3)=C(C)NC3=C2C(=O)C[C@H](c2cccs2)C3)cc1. The van der Waals surface area contributed by atoms with Crippen molar-refractivity contribution in [3.8, 4) is 5.75 Å². The van der Waals surface area contributed by atoms with Crippen LogP contribution in [0.15, 0.2) is 88.7 Å². The van der Waals surface area contributed by atoms with Gasteiger partial charge in [-0.2, -0.15) is 0 Å². The molecular weight excluding hydrogens is 446 g/mol. The lowest BCUT2D eigenvalue weighted by molar-refractivity contribution is -0.116. The molecule has 172 valence electrons. The summed E-state index contributed by atoms with van der Waals surface area (Å²) in [5.74, 6) is 0.663. The van der Waals surface area contributed by atoms with Crippen LogP contribution >= 0.6 is 11.3 Å². The molecule has 1 aromatic carbocycles. The van der Waals surface area contributed by atoms with Gasteiger partial charge in [0.2, 0.25) is 0 Å². The van der Waals surface area contributed by atoms with Gasteiger partial charge in [-0.25, -0.2) is 4.98 Å². The molecule has 7 heteroatoms. The number of amides is 1. The number of Topliss-reactive ketones (excluding diaryl/α,β-unsaturated/α-hetero) is 1. The van der Waals surface area contributed by atoms with Crippen LogP contribution in [0.3, 0.4) is 0 Å². The van der Waals surface area contributed by atoms with Crippen LogP contribution in [0.25, 0.3) is 0 Å². The standard InChI is InChI=1S/C27H25N3O3S/c1-16-24(27(32)30-23-7-3-4-12-28-23)25(17-8-10-19(33-2)11-9-17)26-20(29-16)14-18(15-21(26)31)22-6-5-13-34-22/h3-13,18,25,29H,14-15H2,1-2H3,(H,28,30,32)/t18-,25+/m1/s1. The molecule has 0 saturated heterocycles. The summed E-state index contributed by atoms with van der Waals surface area (Å²) >= 11 is 1.68. The first-order valence-electron chi connectivity index (χ1n) is 11.2. The molecule has 0 radical (unpaired) electrons. The summed E-state index contributed by atoms with van der Waals surface area (Å²) < 4.78 is 5.32. The Balaban J connectivity index is 1.57. The molecule has 1 aliphatic heterocycles. The second-order valence-corrected chi connectivity index (χ2v) is 9.45. The molecule has 2 N–H and O–H groups in total. The third-order valence-electron chi connectivity index (χ3n) is 6.37. The summed E-state index contributed by atoms with van der Waals surface area (Å²) in [4.78, 5) is 32.5. The minimum atomic E-state index is -0.470. The molecule has 6 nitrogen and oxygen atoms in total. The number of anilines is 1. The number of allylic oxidation sites excluding steroid dienone is 3. The zero-order chi connectivity index (χ0) is 23.7. The molecule has 1 aliphatic carbocycles. The van der Waals surface area contributed by atoms with Crippen molar-refractivity contribution < 1.29 is 14.3 Å². The van der Waals surface area contributed by atoms with Gasteiger partial charge in [0.15, 0.2) is 5.78 Å². The van der Waals surface area contributed by atoms with Gasteiger partial charge < -0.3 is 15.4 Å². The average Bonchev–Trinajstić information content (AvgIpc) is 3.39. The first-order valence-corrected chi connectivity index (χ1v) is 12.1. The van der Waals surface area contributed by atoms with Crippen LogP contribution < -0.4 is 15.4 Å². The number of rotatable bonds is 5. The number of nitrogens with zero attached hydrogens (tertiary/aromatic N) is 1. The highest BCUT2D eigenvalue weighted by atomic mass is 32.1.